The van der Waals surface area contributed by atoms with E-state index in [0.717, 1.165) is 0 Å². The van der Waals surface area contributed by atoms with Gasteiger partial charge in [-0.25, -0.2) is 26.7 Å². The molecule has 0 bridgehead atoms. The largest absolute Gasteiger partial charge is 0.500 e. The van der Waals surface area contributed by atoms with E-state index < -0.39 is 49.4 Å². The van der Waals surface area contributed by atoms with E-state index in [9.17, 15) is 26.7 Å². The summed E-state index contributed by atoms with van der Waals surface area (Å²) in [6.45, 7) is 1.86. The Kier molecular flexibility index (Phi) is 8.60. The van der Waals surface area contributed by atoms with E-state index in [2.05, 4.69) is 4.74 Å². The molecule has 0 atom stereocenters. The second-order valence-corrected chi connectivity index (χ2v) is 8.03. The van der Waals surface area contributed by atoms with Crippen molar-refractivity contribution in [3.05, 3.63) is 34.6 Å². The van der Waals surface area contributed by atoms with E-state index in [1.807, 2.05) is 0 Å². The molecule has 0 spiro atoms. The van der Waals surface area contributed by atoms with Crippen molar-refractivity contribution in [2.24, 2.45) is 0 Å². The normalized spacial score (nSPS) is 11.7. The fourth-order valence-electron chi connectivity index (χ4n) is 2.16. The number of ether oxygens (including phenoxy) is 1. The van der Waals surface area contributed by atoms with Gasteiger partial charge in [-0.3, -0.25) is 0 Å². The van der Waals surface area contributed by atoms with Crippen molar-refractivity contribution in [2.45, 2.75) is 25.8 Å². The van der Waals surface area contributed by atoms with Crippen LogP contribution in [0.15, 0.2) is 0 Å². The van der Waals surface area contributed by atoms with Crippen molar-refractivity contribution >= 4 is 14.8 Å². The molecule has 0 aromatic heterocycles. The van der Waals surface area contributed by atoms with Gasteiger partial charge in [0.15, 0.2) is 23.3 Å². The molecule has 26 heavy (non-hydrogen) atoms. The average Bonchev–Trinajstić information content (AvgIpc) is 2.63. The summed E-state index contributed by atoms with van der Waals surface area (Å²) in [5.41, 5.74) is -1.62. The molecule has 5 nitrogen and oxygen atoms in total. The van der Waals surface area contributed by atoms with Gasteiger partial charge in [0.05, 0.1) is 6.61 Å². The van der Waals surface area contributed by atoms with Crippen LogP contribution >= 0.6 is 0 Å². The van der Waals surface area contributed by atoms with Crippen LogP contribution in [0, 0.1) is 29.1 Å². The minimum Gasteiger partial charge on any atom is -0.462 e. The predicted molar refractivity (Wildman–Crippen MR) is 82.0 cm³/mol. The molecule has 0 saturated heterocycles. The fourth-order valence-corrected chi connectivity index (χ4v) is 4.24. The molecule has 1 rings (SSSR count). The SMILES string of the molecule is CCO[Si](CCCCOC(=O)c1c(F)c(F)c(F)c(F)c1F)(OC)OC. The van der Waals surface area contributed by atoms with E-state index in [0.29, 0.717) is 19.1 Å². The monoisotopic (exact) mass is 402 g/mol. The van der Waals surface area contributed by atoms with E-state index in [1.54, 1.807) is 6.92 Å². The highest BCUT2D eigenvalue weighted by atomic mass is 28.4. The van der Waals surface area contributed by atoms with Gasteiger partial charge in [-0.2, -0.15) is 0 Å². The van der Waals surface area contributed by atoms with Crippen molar-refractivity contribution in [1.29, 1.82) is 0 Å². The number of rotatable bonds is 10. The minimum atomic E-state index is -2.82. The Hall–Kier alpha value is -1.56. The molecule has 0 N–H and O–H groups in total. The Morgan fingerprint density at radius 2 is 1.38 bits per heavy atom. The summed E-state index contributed by atoms with van der Waals surface area (Å²) in [5.74, 6) is -12.8. The Morgan fingerprint density at radius 3 is 1.85 bits per heavy atom. The maximum atomic E-state index is 13.5. The van der Waals surface area contributed by atoms with Crippen LogP contribution in [0.4, 0.5) is 22.0 Å². The molecule has 0 amide bonds. The van der Waals surface area contributed by atoms with Crippen molar-refractivity contribution in [2.75, 3.05) is 27.4 Å². The first-order valence-electron chi connectivity index (χ1n) is 7.67. The molecular formula is C15H19F5O5Si. The summed E-state index contributed by atoms with van der Waals surface area (Å²) in [6, 6.07) is 0.397. The van der Waals surface area contributed by atoms with Crippen molar-refractivity contribution < 1.29 is 44.8 Å². The third kappa shape index (κ3) is 4.99. The number of esters is 1. The van der Waals surface area contributed by atoms with Crippen LogP contribution in [0.1, 0.15) is 30.1 Å². The van der Waals surface area contributed by atoms with E-state index in [1.165, 1.54) is 14.2 Å². The Balaban J connectivity index is 2.64. The maximum absolute atomic E-state index is 13.5. The number of halogens is 5. The smallest absolute Gasteiger partial charge is 0.462 e. The Bertz CT molecular complexity index is 610. The fraction of sp³-hybridized carbons (Fsp3) is 0.533. The predicted octanol–water partition coefficient (Wildman–Crippen LogP) is 3.59. The standard InChI is InChI=1S/C15H19F5O5Si/c1-4-25-26(22-2,23-3)8-6-5-7-24-15(21)9-10(16)12(18)14(20)13(19)11(9)17/h4-8H2,1-3H3. The van der Waals surface area contributed by atoms with Crippen molar-refractivity contribution in [1.82, 2.24) is 0 Å². The van der Waals surface area contributed by atoms with Gasteiger partial charge in [-0.15, -0.1) is 0 Å². The number of carbonyl (C=O) groups excluding carboxylic acids is 1. The van der Waals surface area contributed by atoms with E-state index >= 15 is 0 Å². The van der Waals surface area contributed by atoms with Crippen LogP contribution in [0.3, 0.4) is 0 Å². The lowest BCUT2D eigenvalue weighted by Gasteiger charge is -2.25. The highest BCUT2D eigenvalue weighted by Gasteiger charge is 2.37. The average molecular weight is 402 g/mol. The molecule has 0 radical (unpaired) electrons. The quantitative estimate of drug-likeness (QED) is 0.150. The summed E-state index contributed by atoms with van der Waals surface area (Å²) in [4.78, 5) is 11.7. The molecule has 0 fully saturated rings. The summed E-state index contributed by atoms with van der Waals surface area (Å²) in [6.07, 6.45) is 0.675. The van der Waals surface area contributed by atoms with Crippen LogP contribution in [-0.4, -0.2) is 42.2 Å². The Labute approximate surface area is 148 Å². The summed E-state index contributed by atoms with van der Waals surface area (Å²) in [5, 5.41) is 0. The van der Waals surface area contributed by atoms with Gasteiger partial charge in [0.1, 0.15) is 5.56 Å². The number of hydrogen-bond acceptors (Lipinski definition) is 5. The molecule has 1 aromatic rings. The van der Waals surface area contributed by atoms with Crippen LogP contribution in [-0.2, 0) is 18.0 Å². The molecule has 0 aliphatic rings. The van der Waals surface area contributed by atoms with Gasteiger partial charge < -0.3 is 18.0 Å². The number of hydrogen-bond donors (Lipinski definition) is 0. The first-order valence-corrected chi connectivity index (χ1v) is 9.60. The lowest BCUT2D eigenvalue weighted by molar-refractivity contribution is 0.0482. The second-order valence-electron chi connectivity index (χ2n) is 5.06. The molecule has 0 heterocycles. The number of unbranched alkanes of at least 4 members (excludes halogenated alkanes) is 1. The zero-order valence-corrected chi connectivity index (χ0v) is 15.5. The van der Waals surface area contributed by atoms with Crippen LogP contribution in [0.25, 0.3) is 0 Å². The van der Waals surface area contributed by atoms with Gasteiger partial charge in [-0.1, -0.05) is 0 Å². The lowest BCUT2D eigenvalue weighted by Crippen LogP contribution is -2.43. The highest BCUT2D eigenvalue weighted by Crippen LogP contribution is 2.24. The number of benzene rings is 1. The molecule has 0 saturated carbocycles. The summed E-state index contributed by atoms with van der Waals surface area (Å²) in [7, 11) is 0.0532. The second kappa shape index (κ2) is 9.95. The topological polar surface area (TPSA) is 54.0 Å². The van der Waals surface area contributed by atoms with Gasteiger partial charge in [0.2, 0.25) is 5.82 Å². The zero-order valence-electron chi connectivity index (χ0n) is 14.5. The van der Waals surface area contributed by atoms with Crippen LogP contribution < -0.4 is 0 Å². The molecule has 0 unspecified atom stereocenters. The molecule has 0 aliphatic carbocycles. The molecular weight excluding hydrogens is 383 g/mol. The van der Waals surface area contributed by atoms with Gasteiger partial charge in [-0.05, 0) is 19.8 Å². The third-order valence-corrected chi connectivity index (χ3v) is 6.45. The van der Waals surface area contributed by atoms with E-state index in [-0.39, 0.29) is 13.0 Å². The van der Waals surface area contributed by atoms with Gasteiger partial charge in [0.25, 0.3) is 0 Å². The van der Waals surface area contributed by atoms with Gasteiger partial charge in [0, 0.05) is 26.9 Å². The Morgan fingerprint density at radius 1 is 0.885 bits per heavy atom. The lowest BCUT2D eigenvalue weighted by atomic mass is 10.1. The highest BCUT2D eigenvalue weighted by molar-refractivity contribution is 6.60. The van der Waals surface area contributed by atoms with Gasteiger partial charge >= 0.3 is 14.8 Å². The maximum Gasteiger partial charge on any atom is 0.500 e. The molecule has 11 heteroatoms. The van der Waals surface area contributed by atoms with Crippen molar-refractivity contribution in [3.63, 3.8) is 0 Å². The first kappa shape index (κ1) is 22.5. The number of carbonyl (C=O) groups is 1. The van der Waals surface area contributed by atoms with Crippen molar-refractivity contribution in [3.8, 4) is 0 Å². The molecule has 148 valence electrons. The zero-order chi connectivity index (χ0) is 19.9. The first-order chi connectivity index (χ1) is 12.2. The molecule has 1 aromatic carbocycles. The molecule has 0 aliphatic heterocycles. The van der Waals surface area contributed by atoms with Crippen LogP contribution in [0.5, 0.6) is 0 Å². The summed E-state index contributed by atoms with van der Waals surface area (Å²) < 4.78 is 86.7. The van der Waals surface area contributed by atoms with E-state index in [4.69, 9.17) is 13.3 Å². The third-order valence-electron chi connectivity index (χ3n) is 3.51. The van der Waals surface area contributed by atoms with Crippen LogP contribution in [0.2, 0.25) is 6.04 Å². The minimum absolute atomic E-state index is 0.246. The summed E-state index contributed by atoms with van der Waals surface area (Å²) >= 11 is 0.